The van der Waals surface area contributed by atoms with Crippen molar-refractivity contribution in [3.63, 3.8) is 0 Å². The van der Waals surface area contributed by atoms with Gasteiger partial charge in [0.1, 0.15) is 0 Å². The Kier molecular flexibility index (Phi) is 1.86. The lowest BCUT2D eigenvalue weighted by Gasteiger charge is -2.03. The van der Waals surface area contributed by atoms with Crippen LogP contribution < -0.4 is 4.74 Å². The van der Waals surface area contributed by atoms with E-state index in [-0.39, 0.29) is 5.78 Å². The van der Waals surface area contributed by atoms with E-state index in [9.17, 15) is 4.79 Å². The first-order valence-electron chi connectivity index (χ1n) is 6.87. The number of H-pyrrole nitrogens is 1. The maximum Gasteiger partial charge on any atom is 0.243 e. The van der Waals surface area contributed by atoms with Gasteiger partial charge in [-0.05, 0) is 55.8 Å². The van der Waals surface area contributed by atoms with Crippen molar-refractivity contribution in [2.24, 2.45) is 16.7 Å². The molecule has 2 spiro atoms. The number of carbonyl (C=O) groups excluding carboxylic acids is 1. The van der Waals surface area contributed by atoms with Crippen molar-refractivity contribution >= 4 is 5.78 Å². The van der Waals surface area contributed by atoms with E-state index in [2.05, 4.69) is 10.2 Å². The molecule has 0 atom stereocenters. The Morgan fingerprint density at radius 2 is 2.11 bits per heavy atom. The summed E-state index contributed by atoms with van der Waals surface area (Å²) in [6, 6.07) is 0. The first-order chi connectivity index (χ1) is 8.70. The monoisotopic (exact) mass is 246 g/mol. The molecule has 18 heavy (non-hydrogen) atoms. The maximum atomic E-state index is 11.3. The normalized spacial score (nSPS) is 25.4. The highest BCUT2D eigenvalue weighted by Gasteiger charge is 2.85. The molecule has 1 aromatic heterocycles. The molecule has 96 valence electrons. The molecule has 4 nitrogen and oxygen atoms in total. The van der Waals surface area contributed by atoms with Gasteiger partial charge in [-0.1, -0.05) is 0 Å². The molecule has 3 aliphatic rings. The van der Waals surface area contributed by atoms with E-state index in [1.165, 1.54) is 32.6 Å². The number of aromatic amines is 1. The largest absolute Gasteiger partial charge is 0.476 e. The first kappa shape index (κ1) is 10.6. The van der Waals surface area contributed by atoms with E-state index in [0.717, 1.165) is 23.2 Å². The van der Waals surface area contributed by atoms with Crippen LogP contribution in [0, 0.1) is 16.7 Å². The minimum atomic E-state index is 0.00231. The predicted octanol–water partition coefficient (Wildman–Crippen LogP) is 2.57. The Balaban J connectivity index is 1.34. The Morgan fingerprint density at radius 3 is 2.67 bits per heavy atom. The van der Waals surface area contributed by atoms with Crippen molar-refractivity contribution < 1.29 is 9.53 Å². The average molecular weight is 246 g/mol. The van der Waals surface area contributed by atoms with E-state index in [1.807, 2.05) is 0 Å². The molecule has 0 radical (unpaired) electrons. The maximum absolute atomic E-state index is 11.3. The number of aromatic nitrogens is 2. The van der Waals surface area contributed by atoms with Gasteiger partial charge in [-0.3, -0.25) is 9.89 Å². The molecule has 3 saturated carbocycles. The molecule has 4 rings (SSSR count). The van der Waals surface area contributed by atoms with Crippen LogP contribution in [0.5, 0.6) is 5.88 Å². The summed E-state index contributed by atoms with van der Waals surface area (Å²) >= 11 is 0. The van der Waals surface area contributed by atoms with Gasteiger partial charge >= 0.3 is 0 Å². The predicted molar refractivity (Wildman–Crippen MR) is 65.5 cm³/mol. The summed E-state index contributed by atoms with van der Waals surface area (Å²) in [6.07, 6.45) is 8.51. The van der Waals surface area contributed by atoms with Gasteiger partial charge in [0, 0.05) is 6.20 Å². The zero-order valence-corrected chi connectivity index (χ0v) is 10.7. The molecule has 0 aromatic carbocycles. The van der Waals surface area contributed by atoms with Gasteiger partial charge < -0.3 is 4.74 Å². The zero-order chi connectivity index (χ0) is 12.4. The SMILES string of the molecule is CC(=O)c1c[nH]nc1OCCC1C2(CC2)C12CC2. The highest BCUT2D eigenvalue weighted by molar-refractivity contribution is 5.95. The van der Waals surface area contributed by atoms with E-state index < -0.39 is 0 Å². The van der Waals surface area contributed by atoms with Crippen molar-refractivity contribution in [3.05, 3.63) is 11.8 Å². The third-order valence-corrected chi connectivity index (χ3v) is 5.45. The summed E-state index contributed by atoms with van der Waals surface area (Å²) in [5, 5.41) is 6.69. The molecule has 1 heterocycles. The second kappa shape index (κ2) is 3.16. The standard InChI is InChI=1S/C14H18N2O2/c1-9(17)10-8-15-16-12(10)18-7-2-11-13(3-4-13)14(11)5-6-14/h8,11H,2-7H2,1H3,(H,15,16). The van der Waals surface area contributed by atoms with Gasteiger partial charge in [0.15, 0.2) is 5.78 Å². The van der Waals surface area contributed by atoms with Crippen LogP contribution in [0.4, 0.5) is 0 Å². The summed E-state index contributed by atoms with van der Waals surface area (Å²) < 4.78 is 5.67. The fourth-order valence-electron chi connectivity index (χ4n) is 4.27. The summed E-state index contributed by atoms with van der Waals surface area (Å²) in [6.45, 7) is 2.23. The number of rotatable bonds is 5. The van der Waals surface area contributed by atoms with Crippen molar-refractivity contribution in [2.75, 3.05) is 6.61 Å². The fraction of sp³-hybridized carbons (Fsp3) is 0.714. The van der Waals surface area contributed by atoms with E-state index in [4.69, 9.17) is 4.74 Å². The molecule has 3 fully saturated rings. The Labute approximate surface area is 106 Å². The lowest BCUT2D eigenvalue weighted by atomic mass is 10.2. The minimum absolute atomic E-state index is 0.00231. The topological polar surface area (TPSA) is 55.0 Å². The van der Waals surface area contributed by atoms with Crippen LogP contribution in [0.15, 0.2) is 6.20 Å². The van der Waals surface area contributed by atoms with E-state index in [1.54, 1.807) is 6.20 Å². The second-order valence-corrected chi connectivity index (χ2v) is 6.16. The van der Waals surface area contributed by atoms with Gasteiger partial charge in [0.2, 0.25) is 5.88 Å². The van der Waals surface area contributed by atoms with Crippen LogP contribution in [-0.2, 0) is 0 Å². The van der Waals surface area contributed by atoms with Gasteiger partial charge in [0.25, 0.3) is 0 Å². The summed E-state index contributed by atoms with van der Waals surface area (Å²) in [5.41, 5.74) is 2.05. The number of hydrogen-bond donors (Lipinski definition) is 1. The van der Waals surface area contributed by atoms with Crippen LogP contribution in [0.25, 0.3) is 0 Å². The molecule has 0 amide bonds. The molecule has 0 saturated heterocycles. The van der Waals surface area contributed by atoms with Crippen LogP contribution in [0.2, 0.25) is 0 Å². The zero-order valence-electron chi connectivity index (χ0n) is 10.7. The van der Waals surface area contributed by atoms with E-state index in [0.29, 0.717) is 18.1 Å². The molecule has 4 heteroatoms. The van der Waals surface area contributed by atoms with Gasteiger partial charge in [-0.25, -0.2) is 0 Å². The molecule has 0 aliphatic heterocycles. The molecular weight excluding hydrogens is 228 g/mol. The van der Waals surface area contributed by atoms with Gasteiger partial charge in [-0.2, -0.15) is 0 Å². The summed E-state index contributed by atoms with van der Waals surface area (Å²) in [5.74, 6) is 1.37. The highest BCUT2D eigenvalue weighted by Crippen LogP contribution is 2.93. The third kappa shape index (κ3) is 1.21. The number of nitrogens with one attached hydrogen (secondary N) is 1. The Bertz CT molecular complexity index is 494. The number of fused-ring (bicyclic) bond motifs is 1. The van der Waals surface area contributed by atoms with Crippen LogP contribution >= 0.6 is 0 Å². The molecular formula is C14H18N2O2. The lowest BCUT2D eigenvalue weighted by Crippen LogP contribution is -2.03. The number of Topliss-reactive ketones (excluding diaryl/α,β-unsaturated/α-hetero) is 1. The van der Waals surface area contributed by atoms with Crippen molar-refractivity contribution in [1.82, 2.24) is 10.2 Å². The molecule has 1 N–H and O–H groups in total. The smallest absolute Gasteiger partial charge is 0.243 e. The van der Waals surface area contributed by atoms with Crippen LogP contribution in [-0.4, -0.2) is 22.6 Å². The third-order valence-electron chi connectivity index (χ3n) is 5.45. The summed E-state index contributed by atoms with van der Waals surface area (Å²) in [7, 11) is 0. The number of hydrogen-bond acceptors (Lipinski definition) is 3. The van der Waals surface area contributed by atoms with Gasteiger partial charge in [0.05, 0.1) is 12.2 Å². The van der Waals surface area contributed by atoms with Crippen molar-refractivity contribution in [1.29, 1.82) is 0 Å². The molecule has 0 bridgehead atoms. The Hall–Kier alpha value is -1.32. The quantitative estimate of drug-likeness (QED) is 0.812. The molecule has 3 aliphatic carbocycles. The second-order valence-electron chi connectivity index (χ2n) is 6.16. The number of nitrogens with zero attached hydrogens (tertiary/aromatic N) is 1. The number of ether oxygens (including phenoxy) is 1. The summed E-state index contributed by atoms with van der Waals surface area (Å²) in [4.78, 5) is 11.3. The van der Waals surface area contributed by atoms with Crippen LogP contribution in [0.1, 0.15) is 49.4 Å². The average Bonchev–Trinajstić information content (AvgIpc) is 3.27. The van der Waals surface area contributed by atoms with E-state index >= 15 is 0 Å². The number of ketones is 1. The first-order valence-corrected chi connectivity index (χ1v) is 6.87. The lowest BCUT2D eigenvalue weighted by molar-refractivity contribution is 0.101. The number of carbonyl (C=O) groups is 1. The fourth-order valence-corrected chi connectivity index (χ4v) is 4.27. The molecule has 1 aromatic rings. The van der Waals surface area contributed by atoms with Gasteiger partial charge in [-0.15, -0.1) is 5.10 Å². The Morgan fingerprint density at radius 1 is 1.44 bits per heavy atom. The minimum Gasteiger partial charge on any atom is -0.476 e. The van der Waals surface area contributed by atoms with Crippen molar-refractivity contribution in [2.45, 2.75) is 39.0 Å². The highest BCUT2D eigenvalue weighted by atomic mass is 16.5. The molecule has 0 unspecified atom stereocenters. The van der Waals surface area contributed by atoms with Crippen molar-refractivity contribution in [3.8, 4) is 5.88 Å². The van der Waals surface area contributed by atoms with Crippen LogP contribution in [0.3, 0.4) is 0 Å².